The second kappa shape index (κ2) is 6.20. The Kier molecular flexibility index (Phi) is 4.74. The molecule has 1 fully saturated rings. The zero-order chi connectivity index (χ0) is 15.6. The van der Waals surface area contributed by atoms with Gasteiger partial charge in [0.15, 0.2) is 9.84 Å². The van der Waals surface area contributed by atoms with Gasteiger partial charge in [0, 0.05) is 26.0 Å². The fourth-order valence-corrected chi connectivity index (χ4v) is 4.33. The minimum absolute atomic E-state index is 0.00968. The number of thiophene rings is 1. The third kappa shape index (κ3) is 3.86. The average Bonchev–Trinajstić information content (AvgIpc) is 3.11. The maximum atomic E-state index is 12.1. The minimum atomic E-state index is -3.52. The molecule has 2 rings (SSSR count). The zero-order valence-corrected chi connectivity index (χ0v) is 13.6. The molecule has 1 amide bonds. The molecular formula is C12H19N3O4S2. The van der Waals surface area contributed by atoms with Crippen LogP contribution in [0.4, 0.5) is 10.7 Å². The van der Waals surface area contributed by atoms with E-state index in [2.05, 4.69) is 10.6 Å². The Bertz CT molecular complexity index is 635. The minimum Gasteiger partial charge on any atom is -0.396 e. The predicted molar refractivity (Wildman–Crippen MR) is 82.7 cm³/mol. The highest BCUT2D eigenvalue weighted by atomic mass is 32.2. The molecule has 1 aliphatic carbocycles. The first-order valence-corrected chi connectivity index (χ1v) is 9.21. The third-order valence-electron chi connectivity index (χ3n) is 2.98. The van der Waals surface area contributed by atoms with Crippen LogP contribution in [-0.4, -0.2) is 46.9 Å². The molecule has 0 unspecified atom stereocenters. The Morgan fingerprint density at radius 3 is 2.67 bits per heavy atom. The maximum absolute atomic E-state index is 12.1. The summed E-state index contributed by atoms with van der Waals surface area (Å²) < 4.78 is 28.7. The normalized spacial score (nSPS) is 15.0. The van der Waals surface area contributed by atoms with Crippen molar-refractivity contribution in [3.05, 3.63) is 4.88 Å². The van der Waals surface area contributed by atoms with E-state index in [-0.39, 0.29) is 27.4 Å². The Labute approximate surface area is 127 Å². The van der Waals surface area contributed by atoms with E-state index in [9.17, 15) is 13.2 Å². The lowest BCUT2D eigenvalue weighted by molar-refractivity contribution is 0.0956. The van der Waals surface area contributed by atoms with E-state index in [0.717, 1.165) is 30.4 Å². The van der Waals surface area contributed by atoms with Crippen LogP contribution in [0.25, 0.3) is 0 Å². The van der Waals surface area contributed by atoms with Crippen LogP contribution in [0.1, 0.15) is 22.5 Å². The molecule has 1 saturated carbocycles. The summed E-state index contributed by atoms with van der Waals surface area (Å²) >= 11 is 1.06. The number of anilines is 2. The number of sulfone groups is 1. The lowest BCUT2D eigenvalue weighted by Crippen LogP contribution is -2.25. The van der Waals surface area contributed by atoms with E-state index in [1.165, 1.54) is 0 Å². The number of methoxy groups -OCH3 is 1. The van der Waals surface area contributed by atoms with Crippen molar-refractivity contribution in [2.75, 3.05) is 37.6 Å². The van der Waals surface area contributed by atoms with Crippen LogP contribution in [0.15, 0.2) is 4.90 Å². The molecule has 0 spiro atoms. The fourth-order valence-electron chi connectivity index (χ4n) is 1.83. The summed E-state index contributed by atoms with van der Waals surface area (Å²) in [5.41, 5.74) is 5.91. The molecule has 21 heavy (non-hydrogen) atoms. The molecular weight excluding hydrogens is 314 g/mol. The van der Waals surface area contributed by atoms with Crippen molar-refractivity contribution in [3.63, 3.8) is 0 Å². The number of nitrogens with one attached hydrogen (secondary N) is 2. The Morgan fingerprint density at radius 2 is 2.14 bits per heavy atom. The van der Waals surface area contributed by atoms with Gasteiger partial charge in [0.2, 0.25) is 0 Å². The van der Waals surface area contributed by atoms with Crippen molar-refractivity contribution in [1.29, 1.82) is 0 Å². The summed E-state index contributed by atoms with van der Waals surface area (Å²) in [7, 11) is -1.97. The second-order valence-corrected chi connectivity index (χ2v) is 7.92. The molecule has 4 N–H and O–H groups in total. The van der Waals surface area contributed by atoms with E-state index < -0.39 is 9.84 Å². The first-order chi connectivity index (χ1) is 9.84. The Balaban J connectivity index is 2.31. The van der Waals surface area contributed by atoms with Gasteiger partial charge in [-0.2, -0.15) is 0 Å². The molecule has 0 bridgehead atoms. The smallest absolute Gasteiger partial charge is 0.263 e. The van der Waals surface area contributed by atoms with Crippen LogP contribution in [0.2, 0.25) is 0 Å². The van der Waals surface area contributed by atoms with Crippen molar-refractivity contribution >= 4 is 37.8 Å². The fraction of sp³-hybridized carbons (Fsp3) is 0.583. The van der Waals surface area contributed by atoms with Crippen molar-refractivity contribution in [2.45, 2.75) is 23.8 Å². The second-order valence-electron chi connectivity index (χ2n) is 4.94. The van der Waals surface area contributed by atoms with Crippen LogP contribution in [0, 0.1) is 0 Å². The molecule has 9 heteroatoms. The summed E-state index contributed by atoms with van der Waals surface area (Å²) in [6, 6.07) is 0.186. The molecule has 0 aliphatic heterocycles. The zero-order valence-electron chi connectivity index (χ0n) is 11.9. The van der Waals surface area contributed by atoms with Crippen LogP contribution >= 0.6 is 11.3 Å². The van der Waals surface area contributed by atoms with Crippen molar-refractivity contribution in [3.8, 4) is 0 Å². The SMILES string of the molecule is COCCNc1sc(C(=O)NC2CC2)c(N)c1S(C)(=O)=O. The lowest BCUT2D eigenvalue weighted by Gasteiger charge is -2.05. The van der Waals surface area contributed by atoms with E-state index >= 15 is 0 Å². The summed E-state index contributed by atoms with van der Waals surface area (Å²) in [4.78, 5) is 12.3. The number of hydrogen-bond donors (Lipinski definition) is 3. The van der Waals surface area contributed by atoms with Crippen LogP contribution < -0.4 is 16.4 Å². The van der Waals surface area contributed by atoms with Gasteiger partial charge >= 0.3 is 0 Å². The van der Waals surface area contributed by atoms with Crippen molar-refractivity contribution < 1.29 is 17.9 Å². The summed E-state index contributed by atoms with van der Waals surface area (Å²) in [5.74, 6) is -0.315. The van der Waals surface area contributed by atoms with Crippen LogP contribution in [0.3, 0.4) is 0 Å². The van der Waals surface area contributed by atoms with Crippen molar-refractivity contribution in [2.24, 2.45) is 0 Å². The molecule has 0 radical (unpaired) electrons. The van der Waals surface area contributed by atoms with Gasteiger partial charge in [0.05, 0.1) is 12.3 Å². The molecule has 1 aromatic rings. The molecule has 1 aromatic heterocycles. The van der Waals surface area contributed by atoms with Crippen LogP contribution in [0.5, 0.6) is 0 Å². The molecule has 7 nitrogen and oxygen atoms in total. The number of carbonyl (C=O) groups is 1. The van der Waals surface area contributed by atoms with Gasteiger partial charge in [-0.3, -0.25) is 4.79 Å². The third-order valence-corrected chi connectivity index (χ3v) is 5.44. The number of carbonyl (C=O) groups excluding carboxylic acids is 1. The lowest BCUT2D eigenvalue weighted by atomic mass is 10.3. The monoisotopic (exact) mass is 333 g/mol. The molecule has 1 aliphatic rings. The number of amides is 1. The van der Waals surface area contributed by atoms with Crippen molar-refractivity contribution in [1.82, 2.24) is 5.32 Å². The number of nitrogens with two attached hydrogens (primary N) is 1. The maximum Gasteiger partial charge on any atom is 0.263 e. The van der Waals surface area contributed by atoms with Gasteiger partial charge in [-0.25, -0.2) is 8.42 Å². The van der Waals surface area contributed by atoms with Gasteiger partial charge in [-0.15, -0.1) is 11.3 Å². The first kappa shape index (κ1) is 16.1. The molecule has 1 heterocycles. The highest BCUT2D eigenvalue weighted by Gasteiger charge is 2.30. The summed E-state index contributed by atoms with van der Waals surface area (Å²) in [6.45, 7) is 0.854. The molecule has 0 saturated heterocycles. The van der Waals surface area contributed by atoms with Gasteiger partial charge < -0.3 is 21.1 Å². The number of hydrogen-bond acceptors (Lipinski definition) is 7. The molecule has 0 atom stereocenters. The van der Waals surface area contributed by atoms with Gasteiger partial charge in [-0.05, 0) is 12.8 Å². The van der Waals surface area contributed by atoms with Gasteiger partial charge in [0.1, 0.15) is 14.8 Å². The standard InChI is InChI=1S/C12H19N3O4S2/c1-19-6-5-14-12-10(21(2,17)18)8(13)9(20-12)11(16)15-7-3-4-7/h7,14H,3-6,13H2,1-2H3,(H,15,16). The predicted octanol–water partition coefficient (Wildman–Crippen LogP) is 0.684. The highest BCUT2D eigenvalue weighted by Crippen LogP contribution is 2.39. The number of rotatable bonds is 7. The first-order valence-electron chi connectivity index (χ1n) is 6.50. The van der Waals surface area contributed by atoms with E-state index in [0.29, 0.717) is 18.2 Å². The number of nitrogen functional groups attached to an aromatic ring is 1. The number of ether oxygens (including phenoxy) is 1. The Morgan fingerprint density at radius 1 is 1.48 bits per heavy atom. The van der Waals surface area contributed by atoms with Gasteiger partial charge in [0.25, 0.3) is 5.91 Å². The van der Waals surface area contributed by atoms with E-state index in [4.69, 9.17) is 10.5 Å². The topological polar surface area (TPSA) is 111 Å². The highest BCUT2D eigenvalue weighted by molar-refractivity contribution is 7.91. The summed E-state index contributed by atoms with van der Waals surface area (Å²) in [6.07, 6.45) is 2.99. The van der Waals surface area contributed by atoms with E-state index in [1.54, 1.807) is 7.11 Å². The average molecular weight is 333 g/mol. The molecule has 118 valence electrons. The van der Waals surface area contributed by atoms with Gasteiger partial charge in [-0.1, -0.05) is 0 Å². The quantitative estimate of drug-likeness (QED) is 0.633. The van der Waals surface area contributed by atoms with Crippen LogP contribution in [-0.2, 0) is 14.6 Å². The molecule has 0 aromatic carbocycles. The summed E-state index contributed by atoms with van der Waals surface area (Å²) in [5, 5.41) is 6.16. The Hall–Kier alpha value is -1.32. The largest absolute Gasteiger partial charge is 0.396 e. The van der Waals surface area contributed by atoms with E-state index in [1.807, 2.05) is 0 Å².